The second-order valence-corrected chi connectivity index (χ2v) is 8.21. The quantitative estimate of drug-likeness (QED) is 0.920. The van der Waals surface area contributed by atoms with Crippen LogP contribution in [0.25, 0.3) is 11.1 Å². The molecular weight excluding hydrogens is 288 g/mol. The lowest BCUT2D eigenvalue weighted by Crippen LogP contribution is -2.45. The largest absolute Gasteiger partial charge is 0.440 e. The van der Waals surface area contributed by atoms with Crippen LogP contribution in [0.4, 0.5) is 0 Å². The summed E-state index contributed by atoms with van der Waals surface area (Å²) in [5.74, 6) is 0.621. The van der Waals surface area contributed by atoms with Crippen LogP contribution in [0.2, 0.25) is 0 Å². The zero-order valence-corrected chi connectivity index (χ0v) is 13.1. The van der Waals surface area contributed by atoms with Gasteiger partial charge in [0.05, 0.1) is 10.3 Å². The van der Waals surface area contributed by atoms with Crippen molar-refractivity contribution >= 4 is 20.9 Å². The van der Waals surface area contributed by atoms with Crippen LogP contribution in [-0.2, 0) is 15.3 Å². The minimum absolute atomic E-state index is 0.0219. The van der Waals surface area contributed by atoms with E-state index in [1.54, 1.807) is 18.2 Å². The number of oxazole rings is 1. The highest BCUT2D eigenvalue weighted by molar-refractivity contribution is 7.90. The third-order valence-electron chi connectivity index (χ3n) is 4.56. The Labute approximate surface area is 124 Å². The van der Waals surface area contributed by atoms with Crippen LogP contribution in [0.1, 0.15) is 38.5 Å². The van der Waals surface area contributed by atoms with E-state index in [1.807, 2.05) is 0 Å². The van der Waals surface area contributed by atoms with Crippen molar-refractivity contribution in [3.8, 4) is 0 Å². The molecule has 2 N–H and O–H groups in total. The molecular formula is C15H20N2O3S. The molecule has 1 aliphatic carbocycles. The van der Waals surface area contributed by atoms with Crippen molar-refractivity contribution in [2.45, 2.75) is 49.0 Å². The van der Waals surface area contributed by atoms with Gasteiger partial charge in [0.2, 0.25) is 5.89 Å². The maximum absolute atomic E-state index is 11.6. The molecule has 1 aliphatic rings. The summed E-state index contributed by atoms with van der Waals surface area (Å²) in [6, 6.07) is 4.80. The lowest BCUT2D eigenvalue weighted by Gasteiger charge is -2.36. The molecule has 0 saturated heterocycles. The Morgan fingerprint density at radius 2 is 2.14 bits per heavy atom. The number of sulfone groups is 1. The topological polar surface area (TPSA) is 86.2 Å². The molecule has 0 amide bonds. The molecule has 1 fully saturated rings. The zero-order valence-electron chi connectivity index (χ0n) is 12.3. The van der Waals surface area contributed by atoms with Gasteiger partial charge in [-0.3, -0.25) is 0 Å². The molecule has 2 atom stereocenters. The van der Waals surface area contributed by atoms with Gasteiger partial charge in [0.1, 0.15) is 5.52 Å². The van der Waals surface area contributed by atoms with Gasteiger partial charge in [0.25, 0.3) is 0 Å². The van der Waals surface area contributed by atoms with Gasteiger partial charge in [-0.05, 0) is 38.0 Å². The lowest BCUT2D eigenvalue weighted by molar-refractivity contribution is 0.226. The summed E-state index contributed by atoms with van der Waals surface area (Å²) >= 11 is 0. The molecule has 1 heterocycles. The molecule has 1 aromatic carbocycles. The molecule has 1 aromatic heterocycles. The fourth-order valence-corrected chi connectivity index (χ4v) is 3.65. The van der Waals surface area contributed by atoms with E-state index in [0.29, 0.717) is 17.0 Å². The number of rotatable bonds is 2. The van der Waals surface area contributed by atoms with Crippen LogP contribution in [0.15, 0.2) is 27.5 Å². The first-order valence-electron chi connectivity index (χ1n) is 7.17. The summed E-state index contributed by atoms with van der Waals surface area (Å²) in [5.41, 5.74) is 7.18. The second kappa shape index (κ2) is 4.81. The van der Waals surface area contributed by atoms with E-state index in [1.165, 1.54) is 6.26 Å². The summed E-state index contributed by atoms with van der Waals surface area (Å²) < 4.78 is 29.1. The number of aromatic nitrogens is 1. The highest BCUT2D eigenvalue weighted by atomic mass is 32.2. The predicted octanol–water partition coefficient (Wildman–Crippen LogP) is 2.39. The van der Waals surface area contributed by atoms with Gasteiger partial charge < -0.3 is 10.2 Å². The molecule has 114 valence electrons. The molecule has 6 heteroatoms. The van der Waals surface area contributed by atoms with E-state index in [2.05, 4.69) is 11.9 Å². The summed E-state index contributed by atoms with van der Waals surface area (Å²) in [5, 5.41) is 0. The Balaban J connectivity index is 2.09. The minimum Gasteiger partial charge on any atom is -0.440 e. The van der Waals surface area contributed by atoms with E-state index in [-0.39, 0.29) is 16.4 Å². The molecule has 0 spiro atoms. The summed E-state index contributed by atoms with van der Waals surface area (Å²) in [6.45, 7) is 2.08. The Morgan fingerprint density at radius 3 is 2.81 bits per heavy atom. The van der Waals surface area contributed by atoms with Gasteiger partial charge in [-0.25, -0.2) is 13.4 Å². The fraction of sp³-hybridized carbons (Fsp3) is 0.533. The number of nitrogens with zero attached hydrogens (tertiary/aromatic N) is 1. The van der Waals surface area contributed by atoms with E-state index >= 15 is 0 Å². The maximum Gasteiger partial charge on any atom is 0.202 e. The van der Waals surface area contributed by atoms with Gasteiger partial charge >= 0.3 is 0 Å². The molecule has 0 aliphatic heterocycles. The van der Waals surface area contributed by atoms with Crippen molar-refractivity contribution < 1.29 is 12.8 Å². The number of nitrogens with two attached hydrogens (primary N) is 1. The van der Waals surface area contributed by atoms with Crippen molar-refractivity contribution in [1.82, 2.24) is 4.98 Å². The van der Waals surface area contributed by atoms with Crippen molar-refractivity contribution in [2.24, 2.45) is 5.73 Å². The molecule has 0 radical (unpaired) electrons. The van der Waals surface area contributed by atoms with Gasteiger partial charge in [-0.2, -0.15) is 0 Å². The summed E-state index contributed by atoms with van der Waals surface area (Å²) in [7, 11) is -3.24. The average Bonchev–Trinajstić information content (AvgIpc) is 2.84. The monoisotopic (exact) mass is 308 g/mol. The van der Waals surface area contributed by atoms with Crippen LogP contribution in [0, 0.1) is 0 Å². The predicted molar refractivity (Wildman–Crippen MR) is 80.9 cm³/mol. The summed E-state index contributed by atoms with van der Waals surface area (Å²) in [6.07, 6.45) is 5.34. The SMILES string of the molecule is CC1(c2nc3cc(S(C)(=O)=O)ccc3o2)CCCCC1N. The minimum atomic E-state index is -3.24. The number of hydrogen-bond donors (Lipinski definition) is 1. The second-order valence-electron chi connectivity index (χ2n) is 6.19. The van der Waals surface area contributed by atoms with Crippen LogP contribution in [-0.4, -0.2) is 25.7 Å². The van der Waals surface area contributed by atoms with Crippen LogP contribution in [0.3, 0.4) is 0 Å². The van der Waals surface area contributed by atoms with Crippen LogP contribution in [0.5, 0.6) is 0 Å². The fourth-order valence-electron chi connectivity index (χ4n) is 3.01. The zero-order chi connectivity index (χ0) is 15.3. The lowest BCUT2D eigenvalue weighted by atomic mass is 9.72. The van der Waals surface area contributed by atoms with E-state index in [4.69, 9.17) is 10.2 Å². The highest BCUT2D eigenvalue weighted by Gasteiger charge is 2.40. The van der Waals surface area contributed by atoms with Crippen molar-refractivity contribution in [3.05, 3.63) is 24.1 Å². The Morgan fingerprint density at radius 1 is 1.38 bits per heavy atom. The standard InChI is InChI=1S/C15H20N2O3S/c1-15(8-4-3-5-13(15)16)14-17-11-9-10(21(2,18)19)6-7-12(11)20-14/h6-7,9,13H,3-5,8,16H2,1-2H3. The first-order valence-corrected chi connectivity index (χ1v) is 9.06. The Bertz CT molecular complexity index is 781. The van der Waals surface area contributed by atoms with Crippen molar-refractivity contribution in [1.29, 1.82) is 0 Å². The van der Waals surface area contributed by atoms with E-state index in [0.717, 1.165) is 25.7 Å². The molecule has 5 nitrogen and oxygen atoms in total. The molecule has 2 unspecified atom stereocenters. The van der Waals surface area contributed by atoms with Gasteiger partial charge in [0, 0.05) is 12.3 Å². The molecule has 3 rings (SSSR count). The van der Waals surface area contributed by atoms with E-state index < -0.39 is 9.84 Å². The number of fused-ring (bicyclic) bond motifs is 1. The average molecular weight is 308 g/mol. The maximum atomic E-state index is 11.6. The number of hydrogen-bond acceptors (Lipinski definition) is 5. The normalized spacial score (nSPS) is 27.1. The third kappa shape index (κ3) is 2.46. The molecule has 0 bridgehead atoms. The smallest absolute Gasteiger partial charge is 0.202 e. The first-order chi connectivity index (χ1) is 9.80. The van der Waals surface area contributed by atoms with Crippen molar-refractivity contribution in [3.63, 3.8) is 0 Å². The first kappa shape index (κ1) is 14.5. The van der Waals surface area contributed by atoms with Gasteiger partial charge in [0.15, 0.2) is 15.4 Å². The highest BCUT2D eigenvalue weighted by Crippen LogP contribution is 2.39. The molecule has 21 heavy (non-hydrogen) atoms. The Kier molecular flexibility index (Phi) is 3.33. The Hall–Kier alpha value is -1.40. The van der Waals surface area contributed by atoms with Gasteiger partial charge in [-0.1, -0.05) is 12.8 Å². The number of benzene rings is 1. The summed E-state index contributed by atoms with van der Waals surface area (Å²) in [4.78, 5) is 4.78. The van der Waals surface area contributed by atoms with Crippen LogP contribution < -0.4 is 5.73 Å². The molecule has 1 saturated carbocycles. The third-order valence-corrected chi connectivity index (χ3v) is 5.67. The van der Waals surface area contributed by atoms with Gasteiger partial charge in [-0.15, -0.1) is 0 Å². The van der Waals surface area contributed by atoms with Crippen LogP contribution >= 0.6 is 0 Å². The van der Waals surface area contributed by atoms with Crippen molar-refractivity contribution in [2.75, 3.05) is 6.26 Å². The molecule has 2 aromatic rings. The van der Waals surface area contributed by atoms with E-state index in [9.17, 15) is 8.42 Å².